The van der Waals surface area contributed by atoms with Gasteiger partial charge in [-0.15, -0.1) is 0 Å². The molecule has 0 radical (unpaired) electrons. The van der Waals surface area contributed by atoms with Crippen LogP contribution in [-0.4, -0.2) is 42.0 Å². The summed E-state index contributed by atoms with van der Waals surface area (Å²) in [5, 5.41) is 11.7. The fourth-order valence-electron chi connectivity index (χ4n) is 4.65. The number of carbonyl (C=O) groups is 3. The van der Waals surface area contributed by atoms with Crippen molar-refractivity contribution < 1.29 is 29.0 Å². The first kappa shape index (κ1) is 25.2. The third kappa shape index (κ3) is 4.20. The molecule has 1 aliphatic heterocycles. The lowest BCUT2D eigenvalue weighted by Gasteiger charge is -2.23. The second-order valence-corrected chi connectivity index (χ2v) is 9.95. The molecule has 0 unspecified atom stereocenters. The molecule has 0 aliphatic carbocycles. The molecule has 8 nitrogen and oxygen atoms in total. The lowest BCUT2D eigenvalue weighted by molar-refractivity contribution is -0.132. The van der Waals surface area contributed by atoms with Crippen LogP contribution >= 0.6 is 11.3 Å². The highest BCUT2D eigenvalue weighted by Crippen LogP contribution is 2.45. The number of aliphatic hydroxyl groups is 1. The molecule has 1 saturated heterocycles. The van der Waals surface area contributed by atoms with Crippen molar-refractivity contribution in [1.82, 2.24) is 4.98 Å². The maximum absolute atomic E-state index is 13.5. The number of ether oxygens (including phenoxy) is 2. The van der Waals surface area contributed by atoms with E-state index in [0.29, 0.717) is 27.6 Å². The summed E-state index contributed by atoms with van der Waals surface area (Å²) >= 11 is 1.30. The van der Waals surface area contributed by atoms with E-state index < -0.39 is 23.7 Å². The molecular formula is C29H24N2O6S. The number of methoxy groups -OCH3 is 2. The zero-order valence-electron chi connectivity index (χ0n) is 21.1. The molecule has 9 heteroatoms. The third-order valence-corrected chi connectivity index (χ3v) is 7.46. The number of nitrogens with zero attached hydrogens (tertiary/aromatic N) is 2. The van der Waals surface area contributed by atoms with Gasteiger partial charge in [0.1, 0.15) is 11.5 Å². The number of fused-ring (bicyclic) bond motifs is 1. The van der Waals surface area contributed by atoms with Gasteiger partial charge in [0, 0.05) is 5.56 Å². The van der Waals surface area contributed by atoms with Gasteiger partial charge in [0.2, 0.25) is 0 Å². The molecule has 4 aromatic rings. The number of anilines is 1. The number of ketones is 1. The molecule has 0 spiro atoms. The summed E-state index contributed by atoms with van der Waals surface area (Å²) in [6, 6.07) is 16.0. The molecule has 1 aliphatic rings. The van der Waals surface area contributed by atoms with Crippen molar-refractivity contribution in [2.24, 2.45) is 0 Å². The van der Waals surface area contributed by atoms with Crippen LogP contribution in [0.3, 0.4) is 0 Å². The molecule has 1 atom stereocenters. The van der Waals surface area contributed by atoms with E-state index in [4.69, 9.17) is 14.5 Å². The van der Waals surface area contributed by atoms with Gasteiger partial charge < -0.3 is 14.6 Å². The van der Waals surface area contributed by atoms with E-state index in [-0.39, 0.29) is 11.3 Å². The Morgan fingerprint density at radius 2 is 1.74 bits per heavy atom. The van der Waals surface area contributed by atoms with Crippen LogP contribution in [-0.2, 0) is 14.3 Å². The molecule has 1 amide bonds. The third-order valence-electron chi connectivity index (χ3n) is 6.46. The minimum Gasteiger partial charge on any atom is -0.507 e. The molecule has 192 valence electrons. The summed E-state index contributed by atoms with van der Waals surface area (Å²) in [4.78, 5) is 45.0. The van der Waals surface area contributed by atoms with Crippen LogP contribution in [0.15, 0.2) is 66.2 Å². The number of aliphatic hydroxyl groups excluding tert-OH is 1. The number of hydrogen-bond acceptors (Lipinski definition) is 8. The molecule has 1 N–H and O–H groups in total. The van der Waals surface area contributed by atoms with Crippen molar-refractivity contribution in [3.05, 3.63) is 94.1 Å². The number of rotatable bonds is 5. The summed E-state index contributed by atoms with van der Waals surface area (Å²) in [5.41, 5.74) is 3.83. The van der Waals surface area contributed by atoms with Crippen molar-refractivity contribution in [1.29, 1.82) is 0 Å². The Morgan fingerprint density at radius 1 is 1.00 bits per heavy atom. The lowest BCUT2D eigenvalue weighted by atomic mass is 9.94. The van der Waals surface area contributed by atoms with Crippen LogP contribution in [0.2, 0.25) is 0 Å². The van der Waals surface area contributed by atoms with Gasteiger partial charge in [-0.2, -0.15) is 0 Å². The zero-order chi connectivity index (χ0) is 27.1. The van der Waals surface area contributed by atoms with E-state index in [0.717, 1.165) is 21.3 Å². The summed E-state index contributed by atoms with van der Waals surface area (Å²) in [5.74, 6) is -2.00. The standard InChI is InChI=1S/C29H24N2O6S/c1-15-12-16(2)23-21(13-15)38-29(30-23)31-24(17-8-10-18(11-9-17)28(35)37-4)22(26(33)27(31)34)25(32)19-6-5-7-20(14-19)36-3/h5-14,24,32H,1-4H3/b25-22+/t24-/m1/s1. The number of benzene rings is 3. The number of aryl methyl sites for hydroxylation is 2. The van der Waals surface area contributed by atoms with Crippen LogP contribution in [0.1, 0.15) is 38.7 Å². The predicted molar refractivity (Wildman–Crippen MR) is 145 cm³/mol. The van der Waals surface area contributed by atoms with Gasteiger partial charge in [-0.25, -0.2) is 9.78 Å². The average Bonchev–Trinajstić information content (AvgIpc) is 3.46. The van der Waals surface area contributed by atoms with Crippen LogP contribution in [0.4, 0.5) is 5.13 Å². The Labute approximate surface area is 222 Å². The normalized spacial score (nSPS) is 16.7. The molecule has 0 bridgehead atoms. The van der Waals surface area contributed by atoms with Crippen LogP contribution in [0.25, 0.3) is 16.0 Å². The minimum absolute atomic E-state index is 0.0822. The predicted octanol–water partition coefficient (Wildman–Crippen LogP) is 5.33. The minimum atomic E-state index is -0.977. The molecule has 1 fully saturated rings. The van der Waals surface area contributed by atoms with Crippen LogP contribution in [0.5, 0.6) is 5.75 Å². The Morgan fingerprint density at radius 3 is 2.42 bits per heavy atom. The molecule has 5 rings (SSSR count). The molecule has 1 aromatic heterocycles. The van der Waals surface area contributed by atoms with Gasteiger partial charge in [-0.05, 0) is 60.9 Å². The fourth-order valence-corrected chi connectivity index (χ4v) is 5.82. The SMILES string of the molecule is COC(=O)c1ccc([C@@H]2/C(=C(\O)c3cccc(OC)c3)C(=O)C(=O)N2c2nc3c(C)cc(C)cc3s2)cc1. The van der Waals surface area contributed by atoms with Crippen molar-refractivity contribution >= 4 is 50.1 Å². The summed E-state index contributed by atoms with van der Waals surface area (Å²) in [6.45, 7) is 3.92. The van der Waals surface area contributed by atoms with E-state index in [1.807, 2.05) is 26.0 Å². The number of carbonyl (C=O) groups excluding carboxylic acids is 3. The van der Waals surface area contributed by atoms with Gasteiger partial charge >= 0.3 is 11.9 Å². The number of esters is 1. The maximum atomic E-state index is 13.5. The highest BCUT2D eigenvalue weighted by atomic mass is 32.1. The van der Waals surface area contributed by atoms with Crippen molar-refractivity contribution in [2.45, 2.75) is 19.9 Å². The Hall–Kier alpha value is -4.50. The monoisotopic (exact) mass is 528 g/mol. The first-order chi connectivity index (χ1) is 18.2. The summed E-state index contributed by atoms with van der Waals surface area (Å²) < 4.78 is 10.9. The van der Waals surface area contributed by atoms with E-state index >= 15 is 0 Å². The van der Waals surface area contributed by atoms with E-state index in [1.54, 1.807) is 48.5 Å². The summed E-state index contributed by atoms with van der Waals surface area (Å²) in [7, 11) is 2.79. The fraction of sp³-hybridized carbons (Fsp3) is 0.172. The molecule has 0 saturated carbocycles. The van der Waals surface area contributed by atoms with E-state index in [9.17, 15) is 19.5 Å². The molecule has 38 heavy (non-hydrogen) atoms. The summed E-state index contributed by atoms with van der Waals surface area (Å²) in [6.07, 6.45) is 0. The van der Waals surface area contributed by atoms with E-state index in [2.05, 4.69) is 0 Å². The first-order valence-corrected chi connectivity index (χ1v) is 12.6. The smallest absolute Gasteiger partial charge is 0.337 e. The average molecular weight is 529 g/mol. The zero-order valence-corrected chi connectivity index (χ0v) is 22.0. The lowest BCUT2D eigenvalue weighted by Crippen LogP contribution is -2.29. The van der Waals surface area contributed by atoms with Gasteiger partial charge in [0.15, 0.2) is 5.13 Å². The number of hydrogen-bond donors (Lipinski definition) is 1. The maximum Gasteiger partial charge on any atom is 0.337 e. The van der Waals surface area contributed by atoms with Crippen molar-refractivity contribution in [2.75, 3.05) is 19.1 Å². The van der Waals surface area contributed by atoms with Gasteiger partial charge in [0.05, 0.1) is 41.6 Å². The second-order valence-electron chi connectivity index (χ2n) is 8.94. The number of aromatic nitrogens is 1. The van der Waals surface area contributed by atoms with Crippen LogP contribution in [0, 0.1) is 13.8 Å². The first-order valence-electron chi connectivity index (χ1n) is 11.7. The van der Waals surface area contributed by atoms with Crippen molar-refractivity contribution in [3.8, 4) is 5.75 Å². The quantitative estimate of drug-likeness (QED) is 0.161. The van der Waals surface area contributed by atoms with Gasteiger partial charge in [-0.3, -0.25) is 14.5 Å². The molecule has 2 heterocycles. The van der Waals surface area contributed by atoms with Gasteiger partial charge in [0.25, 0.3) is 5.78 Å². The topological polar surface area (TPSA) is 106 Å². The second kappa shape index (κ2) is 9.75. The number of amides is 1. The van der Waals surface area contributed by atoms with E-state index in [1.165, 1.54) is 30.5 Å². The Kier molecular flexibility index (Phi) is 6.46. The van der Waals surface area contributed by atoms with Gasteiger partial charge in [-0.1, -0.05) is 41.7 Å². The number of Topliss-reactive ketones (excluding diaryl/α,β-unsaturated/α-hetero) is 1. The largest absolute Gasteiger partial charge is 0.507 e. The van der Waals surface area contributed by atoms with Crippen LogP contribution < -0.4 is 9.64 Å². The van der Waals surface area contributed by atoms with Crippen molar-refractivity contribution in [3.63, 3.8) is 0 Å². The number of thiazole rings is 1. The highest BCUT2D eigenvalue weighted by molar-refractivity contribution is 7.22. The highest BCUT2D eigenvalue weighted by Gasteiger charge is 2.48. The Bertz CT molecular complexity index is 1640. The molecule has 3 aromatic carbocycles. The Balaban J connectivity index is 1.72. The molecular weight excluding hydrogens is 504 g/mol.